The van der Waals surface area contributed by atoms with E-state index in [1.54, 1.807) is 31.1 Å². The van der Waals surface area contributed by atoms with Gasteiger partial charge in [-0.1, -0.05) is 35.9 Å². The number of anilines is 1. The number of hydrogen-bond donors (Lipinski definition) is 1. The highest BCUT2D eigenvalue weighted by Gasteiger charge is 2.23. The fraction of sp³-hybridized carbons (Fsp3) is 0.462. The Morgan fingerprint density at radius 2 is 1.67 bits per heavy atom. The lowest BCUT2D eigenvalue weighted by atomic mass is 9.85. The number of carbonyl (C=O) groups is 2. The van der Waals surface area contributed by atoms with Crippen LogP contribution >= 0.6 is 11.6 Å². The van der Waals surface area contributed by atoms with Gasteiger partial charge in [-0.3, -0.25) is 9.59 Å². The zero-order valence-corrected chi connectivity index (χ0v) is 20.7. The van der Waals surface area contributed by atoms with Crippen LogP contribution < -0.4 is 10.6 Å². The third kappa shape index (κ3) is 8.80. The molecule has 0 atom stereocenters. The Hall–Kier alpha value is -2.41. The van der Waals surface area contributed by atoms with E-state index in [0.717, 1.165) is 30.2 Å². The molecule has 1 fully saturated rings. The average molecular weight is 473 g/mol. The molecule has 6 nitrogen and oxygen atoms in total. The van der Waals surface area contributed by atoms with Gasteiger partial charge in [0.1, 0.15) is 0 Å². The number of nitrogens with zero attached hydrogens (tertiary/aromatic N) is 3. The van der Waals surface area contributed by atoms with Gasteiger partial charge in [-0.25, -0.2) is 0 Å². The number of likely N-dealkylation sites (N-methyl/N-ethyl adjacent to an activating group) is 1. The molecule has 0 radical (unpaired) electrons. The third-order valence-corrected chi connectivity index (χ3v) is 6.41. The van der Waals surface area contributed by atoms with E-state index in [-0.39, 0.29) is 5.91 Å². The summed E-state index contributed by atoms with van der Waals surface area (Å²) < 4.78 is 0. The van der Waals surface area contributed by atoms with E-state index in [0.29, 0.717) is 24.1 Å². The topological polar surface area (TPSA) is 69.9 Å². The predicted molar refractivity (Wildman–Crippen MR) is 137 cm³/mol. The van der Waals surface area contributed by atoms with E-state index in [1.807, 2.05) is 42.5 Å². The van der Waals surface area contributed by atoms with Crippen LogP contribution in [0.5, 0.6) is 0 Å². The normalized spacial score (nSPS) is 17.6. The Bertz CT molecular complexity index is 854. The van der Waals surface area contributed by atoms with Crippen LogP contribution in [0.3, 0.4) is 0 Å². The second-order valence-corrected chi connectivity index (χ2v) is 9.17. The number of benzene rings is 2. The Labute approximate surface area is 203 Å². The van der Waals surface area contributed by atoms with Crippen molar-refractivity contribution in [1.82, 2.24) is 9.80 Å². The summed E-state index contributed by atoms with van der Waals surface area (Å²) in [4.78, 5) is 29.3. The van der Waals surface area contributed by atoms with Crippen molar-refractivity contribution in [3.63, 3.8) is 0 Å². The first-order chi connectivity index (χ1) is 15.8. The zero-order valence-electron chi connectivity index (χ0n) is 20.0. The molecule has 0 heterocycles. The minimum absolute atomic E-state index is 0.0634. The summed E-state index contributed by atoms with van der Waals surface area (Å²) >= 11 is 5.54. The van der Waals surface area contributed by atoms with Crippen LogP contribution in [0, 0.1) is 5.92 Å². The van der Waals surface area contributed by atoms with Crippen molar-refractivity contribution in [2.24, 2.45) is 11.7 Å². The quantitative estimate of drug-likeness (QED) is 0.586. The molecule has 33 heavy (non-hydrogen) atoms. The molecule has 0 aliphatic heterocycles. The molecule has 1 aliphatic carbocycles. The van der Waals surface area contributed by atoms with Crippen LogP contribution in [-0.4, -0.2) is 68.9 Å². The van der Waals surface area contributed by atoms with Gasteiger partial charge >= 0.3 is 0 Å². The summed E-state index contributed by atoms with van der Waals surface area (Å²) in [6.45, 7) is 2.20. The molecule has 1 saturated carbocycles. The Morgan fingerprint density at radius 1 is 1.00 bits per heavy atom. The summed E-state index contributed by atoms with van der Waals surface area (Å²) in [6, 6.07) is 17.3. The second kappa shape index (κ2) is 14.0. The van der Waals surface area contributed by atoms with Crippen molar-refractivity contribution in [1.29, 1.82) is 0 Å². The van der Waals surface area contributed by atoms with E-state index < -0.39 is 0 Å². The molecule has 180 valence electrons. The molecule has 0 unspecified atom stereocenters. The van der Waals surface area contributed by atoms with E-state index in [2.05, 4.69) is 11.9 Å². The van der Waals surface area contributed by atoms with Crippen molar-refractivity contribution in [3.05, 3.63) is 65.2 Å². The van der Waals surface area contributed by atoms with Gasteiger partial charge in [0.25, 0.3) is 5.91 Å². The van der Waals surface area contributed by atoms with Crippen molar-refractivity contribution in [3.8, 4) is 0 Å². The van der Waals surface area contributed by atoms with Crippen LogP contribution in [0.1, 0.15) is 36.0 Å². The maximum atomic E-state index is 12.1. The van der Waals surface area contributed by atoms with Crippen LogP contribution in [-0.2, 0) is 4.79 Å². The number of carbonyl (C=O) groups excluding carboxylic acids is 2. The molecule has 2 aromatic rings. The monoisotopic (exact) mass is 472 g/mol. The number of amides is 2. The molecule has 2 amide bonds. The molecule has 0 aromatic heterocycles. The van der Waals surface area contributed by atoms with Gasteiger partial charge < -0.3 is 20.4 Å². The second-order valence-electron chi connectivity index (χ2n) is 8.74. The first-order valence-electron chi connectivity index (χ1n) is 11.5. The number of rotatable bonds is 8. The molecule has 0 saturated heterocycles. The Morgan fingerprint density at radius 3 is 2.18 bits per heavy atom. The van der Waals surface area contributed by atoms with E-state index >= 15 is 0 Å². The lowest BCUT2D eigenvalue weighted by molar-refractivity contribution is -0.107. The van der Waals surface area contributed by atoms with Crippen molar-refractivity contribution >= 4 is 29.6 Å². The maximum absolute atomic E-state index is 12.1. The van der Waals surface area contributed by atoms with Crippen molar-refractivity contribution < 1.29 is 9.59 Å². The summed E-state index contributed by atoms with van der Waals surface area (Å²) in [5.41, 5.74) is 7.12. The number of hydrogen-bond acceptors (Lipinski definition) is 4. The maximum Gasteiger partial charge on any atom is 0.253 e. The van der Waals surface area contributed by atoms with Crippen LogP contribution in [0.15, 0.2) is 54.6 Å². The average Bonchev–Trinajstić information content (AvgIpc) is 2.85. The smallest absolute Gasteiger partial charge is 0.253 e. The van der Waals surface area contributed by atoms with Gasteiger partial charge in [0.2, 0.25) is 6.41 Å². The molecule has 1 aliphatic rings. The van der Waals surface area contributed by atoms with Gasteiger partial charge in [-0.05, 0) is 75.5 Å². The summed E-state index contributed by atoms with van der Waals surface area (Å²) in [5, 5.41) is 0.794. The van der Waals surface area contributed by atoms with Crippen LogP contribution in [0.2, 0.25) is 5.02 Å². The SMILES string of the molecule is CN(C)C(=O)c1cccc(N(C=O)CCN(C)C2CCC(CN)CC2)c1.Clc1ccccc1. The highest BCUT2D eigenvalue weighted by molar-refractivity contribution is 6.30. The van der Waals surface area contributed by atoms with E-state index in [9.17, 15) is 9.59 Å². The number of nitrogens with two attached hydrogens (primary N) is 1. The van der Waals surface area contributed by atoms with Gasteiger partial charge in [0, 0.05) is 49.5 Å². The van der Waals surface area contributed by atoms with Gasteiger partial charge in [0.15, 0.2) is 0 Å². The van der Waals surface area contributed by atoms with Crippen molar-refractivity contribution in [2.75, 3.05) is 45.7 Å². The molecular formula is C26H37ClN4O2. The van der Waals surface area contributed by atoms with Gasteiger partial charge in [0.05, 0.1) is 0 Å². The summed E-state index contributed by atoms with van der Waals surface area (Å²) in [7, 11) is 5.57. The largest absolute Gasteiger partial charge is 0.345 e. The molecule has 7 heteroatoms. The molecule has 0 spiro atoms. The van der Waals surface area contributed by atoms with E-state index in [1.165, 1.54) is 30.6 Å². The van der Waals surface area contributed by atoms with Crippen molar-refractivity contribution in [2.45, 2.75) is 31.7 Å². The zero-order chi connectivity index (χ0) is 24.2. The highest BCUT2D eigenvalue weighted by atomic mass is 35.5. The lowest BCUT2D eigenvalue weighted by Crippen LogP contribution is -2.41. The third-order valence-electron chi connectivity index (χ3n) is 6.16. The number of halogens is 1. The fourth-order valence-corrected chi connectivity index (χ4v) is 4.15. The molecule has 2 aromatic carbocycles. The van der Waals surface area contributed by atoms with Gasteiger partial charge in [-0.15, -0.1) is 0 Å². The molecule has 3 rings (SSSR count). The molecule has 2 N–H and O–H groups in total. The fourth-order valence-electron chi connectivity index (χ4n) is 4.00. The minimum atomic E-state index is -0.0634. The highest BCUT2D eigenvalue weighted by Crippen LogP contribution is 2.26. The summed E-state index contributed by atoms with van der Waals surface area (Å²) in [5.74, 6) is 0.606. The predicted octanol–water partition coefficient (Wildman–Crippen LogP) is 4.14. The molecule has 0 bridgehead atoms. The minimum Gasteiger partial charge on any atom is -0.345 e. The first-order valence-corrected chi connectivity index (χ1v) is 11.9. The Kier molecular flexibility index (Phi) is 11.4. The standard InChI is InChI=1S/C20H32N4O2.C6H5Cl/c1-22(2)20(26)17-5-4-6-19(13-17)24(15-25)12-11-23(3)18-9-7-16(14-21)8-10-18;7-6-4-2-1-3-5-6/h4-6,13,15-16,18H,7-12,14,21H2,1-3H3;1-5H. The molecular weight excluding hydrogens is 436 g/mol. The van der Waals surface area contributed by atoms with Crippen LogP contribution in [0.25, 0.3) is 0 Å². The first kappa shape index (κ1) is 26.8. The van der Waals surface area contributed by atoms with Crippen LogP contribution in [0.4, 0.5) is 5.69 Å². The Balaban J connectivity index is 0.000000468. The van der Waals surface area contributed by atoms with E-state index in [4.69, 9.17) is 17.3 Å². The van der Waals surface area contributed by atoms with Gasteiger partial charge in [-0.2, -0.15) is 0 Å². The summed E-state index contributed by atoms with van der Waals surface area (Å²) in [6.07, 6.45) is 5.58. The lowest BCUT2D eigenvalue weighted by Gasteiger charge is -2.35.